The van der Waals surface area contributed by atoms with Crippen molar-refractivity contribution in [2.45, 2.75) is 32.4 Å². The molecular formula is C14H20BN3OSi. The molecule has 4 nitrogen and oxygen atoms in total. The summed E-state index contributed by atoms with van der Waals surface area (Å²) in [6.45, 7) is 8.18. The van der Waals surface area contributed by atoms with E-state index in [4.69, 9.17) is 12.6 Å². The van der Waals surface area contributed by atoms with Crippen molar-refractivity contribution in [2.75, 3.05) is 6.61 Å². The van der Waals surface area contributed by atoms with Crippen molar-refractivity contribution in [1.29, 1.82) is 0 Å². The van der Waals surface area contributed by atoms with Gasteiger partial charge in [0.25, 0.3) is 0 Å². The minimum absolute atomic E-state index is 0.402. The fourth-order valence-electron chi connectivity index (χ4n) is 1.67. The zero-order valence-corrected chi connectivity index (χ0v) is 13.3. The Morgan fingerprint density at radius 2 is 1.90 bits per heavy atom. The Labute approximate surface area is 122 Å². The molecule has 0 atom stereocenters. The summed E-state index contributed by atoms with van der Waals surface area (Å²) in [7, 11) is 4.63. The number of hydrogen-bond donors (Lipinski definition) is 0. The Balaban J connectivity index is 1.88. The van der Waals surface area contributed by atoms with Gasteiger partial charge in [-0.15, -0.1) is 0 Å². The maximum atomic E-state index is 5.67. The van der Waals surface area contributed by atoms with Gasteiger partial charge in [0.15, 0.2) is 6.73 Å². The molecule has 6 heteroatoms. The number of ether oxygens (including phenoxy) is 1. The molecule has 2 rings (SSSR count). The zero-order chi connectivity index (χ0) is 14.6. The number of aromatic nitrogens is 3. The van der Waals surface area contributed by atoms with E-state index in [9.17, 15) is 0 Å². The van der Waals surface area contributed by atoms with Crippen LogP contribution >= 0.6 is 0 Å². The van der Waals surface area contributed by atoms with Gasteiger partial charge in [-0.25, -0.2) is 0 Å². The van der Waals surface area contributed by atoms with Crippen LogP contribution in [0.1, 0.15) is 0 Å². The molecule has 2 radical (unpaired) electrons. The summed E-state index contributed by atoms with van der Waals surface area (Å²) in [5.74, 6) is 0. The molecule has 0 aliphatic rings. The lowest BCUT2D eigenvalue weighted by molar-refractivity contribution is 0.0686. The number of benzene rings is 1. The van der Waals surface area contributed by atoms with Crippen LogP contribution in [0.5, 0.6) is 0 Å². The van der Waals surface area contributed by atoms with Crippen molar-refractivity contribution < 1.29 is 4.74 Å². The first-order chi connectivity index (χ1) is 9.44. The molecule has 0 saturated carbocycles. The summed E-state index contributed by atoms with van der Waals surface area (Å²) in [6.07, 6.45) is 1.74. The molecule has 0 fully saturated rings. The SMILES string of the molecule is [B]c1ccc(-c2cnn(COCC[Si](C)(C)C)n2)cc1. The predicted octanol–water partition coefficient (Wildman–Crippen LogP) is 2.05. The summed E-state index contributed by atoms with van der Waals surface area (Å²) >= 11 is 0. The smallest absolute Gasteiger partial charge is 0.158 e. The highest BCUT2D eigenvalue weighted by molar-refractivity contribution is 6.76. The van der Waals surface area contributed by atoms with Crippen LogP contribution in [0.4, 0.5) is 0 Å². The average Bonchev–Trinajstić information content (AvgIpc) is 2.83. The quantitative estimate of drug-likeness (QED) is 0.602. The molecule has 20 heavy (non-hydrogen) atoms. The van der Waals surface area contributed by atoms with Gasteiger partial charge in [-0.05, 0) is 6.04 Å². The Bertz CT molecular complexity index is 548. The van der Waals surface area contributed by atoms with E-state index in [1.165, 1.54) is 0 Å². The first-order valence-electron chi connectivity index (χ1n) is 6.78. The molecule has 1 aromatic carbocycles. The Morgan fingerprint density at radius 3 is 2.55 bits per heavy atom. The molecule has 0 N–H and O–H groups in total. The molecule has 0 saturated heterocycles. The maximum absolute atomic E-state index is 5.67. The van der Waals surface area contributed by atoms with Gasteiger partial charge < -0.3 is 4.74 Å². The summed E-state index contributed by atoms with van der Waals surface area (Å²) < 4.78 is 5.62. The Morgan fingerprint density at radius 1 is 1.20 bits per heavy atom. The topological polar surface area (TPSA) is 39.9 Å². The minimum Gasteiger partial charge on any atom is -0.358 e. The van der Waals surface area contributed by atoms with Crippen LogP contribution in [0, 0.1) is 0 Å². The third kappa shape index (κ3) is 4.61. The molecule has 0 unspecified atom stereocenters. The van der Waals surface area contributed by atoms with Crippen molar-refractivity contribution in [2.24, 2.45) is 0 Å². The Kier molecular flexibility index (Phi) is 4.78. The van der Waals surface area contributed by atoms with Gasteiger partial charge >= 0.3 is 0 Å². The lowest BCUT2D eigenvalue weighted by atomic mass is 9.95. The van der Waals surface area contributed by atoms with E-state index in [0.717, 1.165) is 29.4 Å². The molecule has 1 heterocycles. The third-order valence-electron chi connectivity index (χ3n) is 2.95. The first kappa shape index (κ1) is 15.0. The second-order valence-electron chi connectivity index (χ2n) is 6.07. The van der Waals surface area contributed by atoms with Crippen LogP contribution in [-0.2, 0) is 11.5 Å². The molecule has 1 aromatic heterocycles. The van der Waals surface area contributed by atoms with E-state index in [1.54, 1.807) is 11.0 Å². The van der Waals surface area contributed by atoms with Crippen molar-refractivity contribution in [3.63, 3.8) is 0 Å². The van der Waals surface area contributed by atoms with Crippen LogP contribution in [0.2, 0.25) is 25.7 Å². The van der Waals surface area contributed by atoms with Gasteiger partial charge in [-0.3, -0.25) is 0 Å². The summed E-state index contributed by atoms with van der Waals surface area (Å²) in [6, 6.07) is 8.75. The largest absolute Gasteiger partial charge is 0.358 e. The molecule has 0 spiro atoms. The minimum atomic E-state index is -1.04. The molecule has 0 amide bonds. The zero-order valence-electron chi connectivity index (χ0n) is 12.3. The average molecular weight is 285 g/mol. The van der Waals surface area contributed by atoms with E-state index < -0.39 is 8.07 Å². The van der Waals surface area contributed by atoms with E-state index >= 15 is 0 Å². The molecule has 0 bridgehead atoms. The summed E-state index contributed by atoms with van der Waals surface area (Å²) in [5, 5.41) is 8.60. The van der Waals surface area contributed by atoms with Gasteiger partial charge in [0.1, 0.15) is 13.5 Å². The third-order valence-corrected chi connectivity index (χ3v) is 4.65. The highest BCUT2D eigenvalue weighted by Gasteiger charge is 2.12. The van der Waals surface area contributed by atoms with Gasteiger partial charge in [-0.1, -0.05) is 49.4 Å². The fourth-order valence-corrected chi connectivity index (χ4v) is 2.43. The predicted molar refractivity (Wildman–Crippen MR) is 85.0 cm³/mol. The highest BCUT2D eigenvalue weighted by atomic mass is 28.3. The van der Waals surface area contributed by atoms with Gasteiger partial charge in [0, 0.05) is 20.2 Å². The number of rotatable bonds is 6. The summed E-state index contributed by atoms with van der Waals surface area (Å²) in [4.78, 5) is 1.58. The van der Waals surface area contributed by atoms with Crippen LogP contribution in [-0.4, -0.2) is 37.5 Å². The molecule has 0 aliphatic carbocycles. The second-order valence-corrected chi connectivity index (χ2v) is 11.7. The van der Waals surface area contributed by atoms with Gasteiger partial charge in [0.05, 0.1) is 6.20 Å². The second kappa shape index (κ2) is 6.37. The van der Waals surface area contributed by atoms with Gasteiger partial charge in [-0.2, -0.15) is 15.0 Å². The lowest BCUT2D eigenvalue weighted by Gasteiger charge is -2.14. The molecular weight excluding hydrogens is 265 g/mol. The van der Waals surface area contributed by atoms with Crippen molar-refractivity contribution in [3.05, 3.63) is 30.5 Å². The molecule has 2 aromatic rings. The first-order valence-corrected chi connectivity index (χ1v) is 10.5. The van der Waals surface area contributed by atoms with E-state index in [0.29, 0.717) is 6.73 Å². The van der Waals surface area contributed by atoms with Crippen molar-refractivity contribution in [3.8, 4) is 11.3 Å². The van der Waals surface area contributed by atoms with Crippen LogP contribution in [0.15, 0.2) is 30.5 Å². The van der Waals surface area contributed by atoms with E-state index in [2.05, 4.69) is 29.8 Å². The summed E-state index contributed by atoms with van der Waals surface area (Å²) in [5.41, 5.74) is 2.59. The van der Waals surface area contributed by atoms with Crippen LogP contribution < -0.4 is 5.46 Å². The van der Waals surface area contributed by atoms with Crippen LogP contribution in [0.25, 0.3) is 11.3 Å². The maximum Gasteiger partial charge on any atom is 0.158 e. The number of hydrogen-bond acceptors (Lipinski definition) is 3. The van der Waals surface area contributed by atoms with Gasteiger partial charge in [0.2, 0.25) is 0 Å². The standard InChI is InChI=1S/C14H20BN3OSi/c1-20(2,3)9-8-19-11-18-16-10-14(17-18)12-4-6-13(15)7-5-12/h4-7,10H,8-9,11H2,1-3H3. The Hall–Kier alpha value is -1.40. The molecule has 104 valence electrons. The number of nitrogens with zero attached hydrogens (tertiary/aromatic N) is 3. The van der Waals surface area contributed by atoms with Crippen molar-refractivity contribution in [1.82, 2.24) is 15.0 Å². The monoisotopic (exact) mass is 285 g/mol. The fraction of sp³-hybridized carbons (Fsp3) is 0.429. The van der Waals surface area contributed by atoms with Crippen LogP contribution in [0.3, 0.4) is 0 Å². The van der Waals surface area contributed by atoms with E-state index in [-0.39, 0.29) is 0 Å². The lowest BCUT2D eigenvalue weighted by Crippen LogP contribution is -2.22. The molecule has 0 aliphatic heterocycles. The van der Waals surface area contributed by atoms with E-state index in [1.807, 2.05) is 24.3 Å². The highest BCUT2D eigenvalue weighted by Crippen LogP contribution is 2.14. The normalized spacial score (nSPS) is 11.8. The van der Waals surface area contributed by atoms with Crippen molar-refractivity contribution >= 4 is 21.4 Å².